The fourth-order valence-corrected chi connectivity index (χ4v) is 4.52. The van der Waals surface area contributed by atoms with Crippen molar-refractivity contribution >= 4 is 17.5 Å². The molecular formula is C24H29N3O4. The first-order chi connectivity index (χ1) is 15.0. The van der Waals surface area contributed by atoms with E-state index >= 15 is 0 Å². The number of nitrogens with zero attached hydrogens (tertiary/aromatic N) is 2. The monoisotopic (exact) mass is 423 g/mol. The van der Waals surface area contributed by atoms with Crippen LogP contribution in [-0.4, -0.2) is 55.6 Å². The molecule has 1 fully saturated rings. The highest BCUT2D eigenvalue weighted by molar-refractivity contribution is 6.01. The Morgan fingerprint density at radius 3 is 2.61 bits per heavy atom. The van der Waals surface area contributed by atoms with Crippen molar-refractivity contribution in [1.82, 2.24) is 4.90 Å². The van der Waals surface area contributed by atoms with E-state index in [4.69, 9.17) is 15.2 Å². The van der Waals surface area contributed by atoms with Crippen molar-refractivity contribution in [3.05, 3.63) is 53.6 Å². The van der Waals surface area contributed by atoms with Crippen molar-refractivity contribution in [3.63, 3.8) is 0 Å². The van der Waals surface area contributed by atoms with Gasteiger partial charge in [-0.05, 0) is 49.9 Å². The molecule has 7 nitrogen and oxygen atoms in total. The summed E-state index contributed by atoms with van der Waals surface area (Å²) in [6.45, 7) is 3.60. The van der Waals surface area contributed by atoms with Crippen LogP contribution in [0.4, 0.5) is 5.69 Å². The summed E-state index contributed by atoms with van der Waals surface area (Å²) < 4.78 is 10.9. The first-order valence-electron chi connectivity index (χ1n) is 10.8. The minimum atomic E-state index is -0.511. The molecule has 0 aliphatic carbocycles. The fourth-order valence-electron chi connectivity index (χ4n) is 4.52. The van der Waals surface area contributed by atoms with Crippen LogP contribution in [0.3, 0.4) is 0 Å². The number of rotatable bonds is 5. The van der Waals surface area contributed by atoms with E-state index in [-0.39, 0.29) is 17.9 Å². The summed E-state index contributed by atoms with van der Waals surface area (Å²) in [7, 11) is 1.55. The van der Waals surface area contributed by atoms with Crippen LogP contribution in [0.2, 0.25) is 0 Å². The lowest BCUT2D eigenvalue weighted by Gasteiger charge is -2.42. The van der Waals surface area contributed by atoms with Gasteiger partial charge in [-0.1, -0.05) is 18.2 Å². The van der Waals surface area contributed by atoms with Gasteiger partial charge in [0.25, 0.3) is 5.91 Å². The van der Waals surface area contributed by atoms with E-state index < -0.39 is 6.04 Å². The molecule has 31 heavy (non-hydrogen) atoms. The Balaban J connectivity index is 1.48. The molecule has 2 amide bonds. The van der Waals surface area contributed by atoms with Crippen molar-refractivity contribution in [2.45, 2.75) is 38.3 Å². The Morgan fingerprint density at radius 2 is 1.90 bits per heavy atom. The molecule has 1 saturated heterocycles. The molecule has 0 aromatic heterocycles. The molecule has 1 unspecified atom stereocenters. The van der Waals surface area contributed by atoms with Gasteiger partial charge >= 0.3 is 0 Å². The van der Waals surface area contributed by atoms with Gasteiger partial charge in [-0.3, -0.25) is 9.59 Å². The van der Waals surface area contributed by atoms with Crippen LogP contribution in [0.15, 0.2) is 42.5 Å². The van der Waals surface area contributed by atoms with Gasteiger partial charge in [0.1, 0.15) is 11.5 Å². The second-order valence-corrected chi connectivity index (χ2v) is 7.97. The number of carbonyl (C=O) groups excluding carboxylic acids is 2. The standard InChI is InChI=1S/C24H29N3O4/c1-3-31-18-8-9-19(22(15-18)30-2)23(28)26-12-10-17(11-13-26)27-21-7-5-4-6-16(21)14-20(25)24(27)29/h4-9,15,17,20H,3,10-14,25H2,1-2H3. The summed E-state index contributed by atoms with van der Waals surface area (Å²) in [4.78, 5) is 29.7. The van der Waals surface area contributed by atoms with E-state index in [9.17, 15) is 9.59 Å². The highest BCUT2D eigenvalue weighted by atomic mass is 16.5. The van der Waals surface area contributed by atoms with Gasteiger partial charge in [-0.25, -0.2) is 0 Å². The van der Waals surface area contributed by atoms with Crippen LogP contribution < -0.4 is 20.1 Å². The van der Waals surface area contributed by atoms with Gasteiger partial charge in [-0.15, -0.1) is 0 Å². The molecule has 2 aliphatic rings. The number of amides is 2. The molecule has 2 aromatic rings. The van der Waals surface area contributed by atoms with Crippen molar-refractivity contribution in [2.24, 2.45) is 5.73 Å². The van der Waals surface area contributed by atoms with E-state index in [1.54, 1.807) is 25.3 Å². The van der Waals surface area contributed by atoms with Gasteiger partial charge in [0.05, 0.1) is 25.3 Å². The first-order valence-corrected chi connectivity index (χ1v) is 10.8. The molecule has 1 atom stereocenters. The van der Waals surface area contributed by atoms with Crippen molar-refractivity contribution in [1.29, 1.82) is 0 Å². The molecule has 164 valence electrons. The van der Waals surface area contributed by atoms with Crippen LogP contribution in [0.25, 0.3) is 0 Å². The quantitative estimate of drug-likeness (QED) is 0.799. The molecular weight excluding hydrogens is 394 g/mol. The Hall–Kier alpha value is -3.06. The predicted octanol–water partition coefficient (Wildman–Crippen LogP) is 2.62. The Bertz CT molecular complexity index is 969. The molecule has 7 heteroatoms. The van der Waals surface area contributed by atoms with Crippen LogP contribution in [-0.2, 0) is 11.2 Å². The first kappa shape index (κ1) is 21.2. The fraction of sp³-hybridized carbons (Fsp3) is 0.417. The third-order valence-electron chi connectivity index (χ3n) is 6.08. The summed E-state index contributed by atoms with van der Waals surface area (Å²) in [5.41, 5.74) is 8.70. The number of carbonyl (C=O) groups is 2. The normalized spacial score (nSPS) is 19.2. The summed E-state index contributed by atoms with van der Waals surface area (Å²) >= 11 is 0. The smallest absolute Gasteiger partial charge is 0.257 e. The lowest BCUT2D eigenvalue weighted by Crippen LogP contribution is -2.56. The van der Waals surface area contributed by atoms with E-state index in [1.807, 2.05) is 41.0 Å². The number of nitrogens with two attached hydrogens (primary N) is 1. The van der Waals surface area contributed by atoms with Crippen molar-refractivity contribution in [3.8, 4) is 11.5 Å². The maximum atomic E-state index is 13.2. The van der Waals surface area contributed by atoms with E-state index in [2.05, 4.69) is 0 Å². The molecule has 0 bridgehead atoms. The van der Waals surface area contributed by atoms with Crippen LogP contribution in [0, 0.1) is 0 Å². The Labute approximate surface area is 182 Å². The average molecular weight is 424 g/mol. The largest absolute Gasteiger partial charge is 0.496 e. The summed E-state index contributed by atoms with van der Waals surface area (Å²) in [6.07, 6.45) is 1.98. The third kappa shape index (κ3) is 4.10. The maximum Gasteiger partial charge on any atom is 0.257 e. The number of anilines is 1. The van der Waals surface area contributed by atoms with Crippen LogP contribution >= 0.6 is 0 Å². The zero-order chi connectivity index (χ0) is 22.0. The lowest BCUT2D eigenvalue weighted by atomic mass is 9.93. The zero-order valence-corrected chi connectivity index (χ0v) is 18.0. The van der Waals surface area contributed by atoms with Crippen LogP contribution in [0.1, 0.15) is 35.7 Å². The summed E-state index contributed by atoms with van der Waals surface area (Å²) in [5, 5.41) is 0. The molecule has 0 saturated carbocycles. The second kappa shape index (κ2) is 8.98. The molecule has 0 spiro atoms. The molecule has 2 aliphatic heterocycles. The molecule has 4 rings (SSSR count). The van der Waals surface area contributed by atoms with Crippen molar-refractivity contribution in [2.75, 3.05) is 31.7 Å². The molecule has 0 radical (unpaired) electrons. The number of benzene rings is 2. The number of para-hydroxylation sites is 1. The highest BCUT2D eigenvalue weighted by Gasteiger charge is 2.37. The van der Waals surface area contributed by atoms with Gasteiger partial charge in [-0.2, -0.15) is 0 Å². The number of ether oxygens (including phenoxy) is 2. The Morgan fingerprint density at radius 1 is 1.16 bits per heavy atom. The van der Waals surface area contributed by atoms with E-state index in [0.717, 1.165) is 11.3 Å². The summed E-state index contributed by atoms with van der Waals surface area (Å²) in [6, 6.07) is 12.8. The number of hydrogen-bond acceptors (Lipinski definition) is 5. The average Bonchev–Trinajstić information content (AvgIpc) is 2.80. The van der Waals surface area contributed by atoms with Gasteiger partial charge < -0.3 is 25.0 Å². The summed E-state index contributed by atoms with van der Waals surface area (Å²) in [5.74, 6) is 1.08. The topological polar surface area (TPSA) is 85.1 Å². The SMILES string of the molecule is CCOc1ccc(C(=O)N2CCC(N3C(=O)C(N)Cc4ccccc43)CC2)c(OC)c1. The highest BCUT2D eigenvalue weighted by Crippen LogP contribution is 2.33. The number of piperidine rings is 1. The van der Waals surface area contributed by atoms with Gasteiger partial charge in [0.2, 0.25) is 5.91 Å². The maximum absolute atomic E-state index is 13.2. The molecule has 2 N–H and O–H groups in total. The molecule has 2 heterocycles. The number of hydrogen-bond donors (Lipinski definition) is 1. The predicted molar refractivity (Wildman–Crippen MR) is 119 cm³/mol. The minimum absolute atomic E-state index is 0.0309. The van der Waals surface area contributed by atoms with E-state index in [1.165, 1.54) is 0 Å². The molecule has 2 aromatic carbocycles. The van der Waals surface area contributed by atoms with Crippen molar-refractivity contribution < 1.29 is 19.1 Å². The number of methoxy groups -OCH3 is 1. The lowest BCUT2D eigenvalue weighted by molar-refractivity contribution is -0.120. The van der Waals surface area contributed by atoms with E-state index in [0.29, 0.717) is 56.0 Å². The Kier molecular flexibility index (Phi) is 6.13. The second-order valence-electron chi connectivity index (χ2n) is 7.97. The van der Waals surface area contributed by atoms with Crippen LogP contribution in [0.5, 0.6) is 11.5 Å². The minimum Gasteiger partial charge on any atom is -0.496 e. The number of fused-ring (bicyclic) bond motifs is 1. The number of likely N-dealkylation sites (tertiary alicyclic amines) is 1. The van der Waals surface area contributed by atoms with Gasteiger partial charge in [0, 0.05) is 30.9 Å². The third-order valence-corrected chi connectivity index (χ3v) is 6.08. The van der Waals surface area contributed by atoms with Gasteiger partial charge in [0.15, 0.2) is 0 Å². The zero-order valence-electron chi connectivity index (χ0n) is 18.0.